The lowest BCUT2D eigenvalue weighted by molar-refractivity contribution is -0.333. The number of carbonyl (C=O) groups is 1. The first-order valence-corrected chi connectivity index (χ1v) is 17.0. The van der Waals surface area contributed by atoms with Gasteiger partial charge in [-0.15, -0.1) is 0 Å². The molecule has 0 aromatic heterocycles. The van der Waals surface area contributed by atoms with Gasteiger partial charge in [0, 0.05) is 32.0 Å². The van der Waals surface area contributed by atoms with Gasteiger partial charge in [-0.2, -0.15) is 0 Å². The summed E-state index contributed by atoms with van der Waals surface area (Å²) in [7, 11) is 1.53. The molecular weight excluding hydrogens is 666 g/mol. The number of carbonyl (C=O) groups excluding carboxylic acids is 1. The van der Waals surface area contributed by atoms with Crippen molar-refractivity contribution < 1.29 is 64.6 Å². The average molecular weight is 724 g/mol. The molecule has 2 saturated heterocycles. The summed E-state index contributed by atoms with van der Waals surface area (Å²) in [6, 6.07) is -2.76. The molecular formula is C30H57N7O13. The maximum absolute atomic E-state index is 13.3. The minimum absolute atomic E-state index is 0.0144. The molecule has 4 unspecified atom stereocenters. The van der Waals surface area contributed by atoms with Crippen LogP contribution in [0.4, 0.5) is 0 Å². The number of guanidine groups is 1. The van der Waals surface area contributed by atoms with E-state index in [-0.39, 0.29) is 44.9 Å². The maximum atomic E-state index is 13.3. The molecule has 4 aliphatic rings. The van der Waals surface area contributed by atoms with E-state index >= 15 is 0 Å². The molecule has 4 fully saturated rings. The Balaban J connectivity index is 1.51. The van der Waals surface area contributed by atoms with E-state index in [4.69, 9.17) is 41.9 Å². The number of nitrogens with one attached hydrogen (secondary N) is 2. The number of ether oxygens (including phenoxy) is 4. The third-order valence-electron chi connectivity index (χ3n) is 10.1. The minimum atomic E-state index is -1.84. The van der Waals surface area contributed by atoms with Gasteiger partial charge in [-0.25, -0.2) is 4.99 Å². The number of hydrogen-bond acceptors (Lipinski definition) is 18. The van der Waals surface area contributed by atoms with Gasteiger partial charge in [0.15, 0.2) is 24.3 Å². The van der Waals surface area contributed by atoms with Gasteiger partial charge in [0.05, 0.1) is 30.9 Å². The summed E-state index contributed by atoms with van der Waals surface area (Å²) >= 11 is 0. The van der Waals surface area contributed by atoms with Crippen molar-refractivity contribution in [1.82, 2.24) is 10.6 Å². The van der Waals surface area contributed by atoms with Crippen molar-refractivity contribution in [3.05, 3.63) is 0 Å². The zero-order valence-electron chi connectivity index (χ0n) is 28.4. The van der Waals surface area contributed by atoms with Crippen molar-refractivity contribution in [2.24, 2.45) is 33.8 Å². The Kier molecular flexibility index (Phi) is 13.9. The molecule has 2 aliphatic carbocycles. The zero-order chi connectivity index (χ0) is 37.1. The molecule has 20 heteroatoms. The number of ketones is 1. The molecule has 0 radical (unpaired) electrons. The van der Waals surface area contributed by atoms with E-state index in [0.717, 1.165) is 0 Å². The second-order valence-corrected chi connectivity index (χ2v) is 14.2. The summed E-state index contributed by atoms with van der Waals surface area (Å²) in [6.07, 6.45) is -14.9. The van der Waals surface area contributed by atoms with Crippen molar-refractivity contribution in [1.29, 1.82) is 0 Å². The van der Waals surface area contributed by atoms with Crippen LogP contribution < -0.4 is 33.6 Å². The number of rotatable bonds is 16. The molecule has 0 aromatic rings. The fraction of sp³-hybridized carbons (Fsp3) is 0.933. The van der Waals surface area contributed by atoms with Crippen LogP contribution in [0, 0.1) is 5.92 Å². The van der Waals surface area contributed by atoms with E-state index in [0.29, 0.717) is 19.4 Å². The van der Waals surface area contributed by atoms with Crippen molar-refractivity contribution >= 4 is 11.7 Å². The normalized spacial score (nSPS) is 45.5. The number of aliphatic hydroxyl groups excluding tert-OH is 6. The molecule has 2 aliphatic heterocycles. The average Bonchev–Trinajstić information content (AvgIpc) is 3.70. The monoisotopic (exact) mass is 723 g/mol. The van der Waals surface area contributed by atoms with E-state index < -0.39 is 109 Å². The highest BCUT2D eigenvalue weighted by Crippen LogP contribution is 2.44. The number of aliphatic hydroxyl groups is 8. The zero-order valence-corrected chi connectivity index (χ0v) is 28.4. The van der Waals surface area contributed by atoms with Crippen molar-refractivity contribution in [3.63, 3.8) is 0 Å². The van der Waals surface area contributed by atoms with E-state index in [2.05, 4.69) is 15.6 Å². The van der Waals surface area contributed by atoms with Gasteiger partial charge >= 0.3 is 0 Å². The van der Waals surface area contributed by atoms with Crippen molar-refractivity contribution in [2.45, 2.75) is 136 Å². The molecule has 20 nitrogen and oxygen atoms in total. The molecule has 50 heavy (non-hydrogen) atoms. The lowest BCUT2D eigenvalue weighted by Crippen LogP contribution is -2.67. The molecule has 0 bridgehead atoms. The largest absolute Gasteiger partial charge is 0.392 e. The van der Waals surface area contributed by atoms with Crippen LogP contribution >= 0.6 is 0 Å². The molecule has 17 atom stereocenters. The third-order valence-corrected chi connectivity index (χ3v) is 10.1. The highest BCUT2D eigenvalue weighted by molar-refractivity contribution is 5.92. The molecule has 2 heterocycles. The topological polar surface area (TPSA) is 356 Å². The summed E-state index contributed by atoms with van der Waals surface area (Å²) in [5.41, 5.74) is 19.5. The predicted molar refractivity (Wildman–Crippen MR) is 174 cm³/mol. The Hall–Kier alpha value is -1.70. The van der Waals surface area contributed by atoms with Crippen LogP contribution in [0.15, 0.2) is 4.99 Å². The molecule has 18 N–H and O–H groups in total. The number of likely N-dealkylation sites (N-methyl/N-ethyl adjacent to an activating group) is 1. The van der Waals surface area contributed by atoms with Crippen LogP contribution in [0.25, 0.3) is 0 Å². The standard InChI is InChI=1S/C30H57N7O13/c1-29(45)11-47-26(22(44)25(29)35-2)49-23-12(7-17(39)30(46)8-16(30)37-28(33)34)6-14(32)24(21(23)43)50-27-20(42)19(41)18(40)15(48-27)10-36-9-13(38)4-3-5-31/h12-16,18-27,35-36,38,40-46H,3-11,31-32H2,1-2H3,(H4,33,34,37)/t12-,13?,14-,15+,16?,18+,19-,20+,21+,22+,23-,24?,25+,26+,27+,29-,30?/m0/s1. The summed E-state index contributed by atoms with van der Waals surface area (Å²) in [6.45, 7) is 1.72. The number of aliphatic imine (C=N–C) groups is 1. The molecule has 0 amide bonds. The Morgan fingerprint density at radius 3 is 2.34 bits per heavy atom. The Labute approximate surface area is 290 Å². The SMILES string of the molecule is CN[C@@H]1[C@@H](O)[C@@H](O[C@H]2[C@H](CC(=O)C3(O)CC3N=C(N)N)C[C@H](N)C(O[C@H]3O[C@H](CNCC(O)CCCN)[C@@H](O)[C@H](O)[C@H]3O)[C@@H]2O)OC[C@]1(C)O. The summed E-state index contributed by atoms with van der Waals surface area (Å²) in [5, 5.41) is 92.3. The highest BCUT2D eigenvalue weighted by Gasteiger charge is 2.61. The van der Waals surface area contributed by atoms with E-state index in [1.54, 1.807) is 0 Å². The van der Waals surface area contributed by atoms with Crippen molar-refractivity contribution in [2.75, 3.05) is 33.3 Å². The number of nitrogens with two attached hydrogens (primary N) is 4. The number of Topliss-reactive ketones (excluding diaryl/α,β-unsaturated/α-hetero) is 1. The van der Waals surface area contributed by atoms with Gasteiger partial charge in [0.25, 0.3) is 0 Å². The number of nitrogens with zero attached hydrogens (tertiary/aromatic N) is 1. The smallest absolute Gasteiger partial charge is 0.187 e. The maximum Gasteiger partial charge on any atom is 0.187 e. The second-order valence-electron chi connectivity index (χ2n) is 14.2. The minimum Gasteiger partial charge on any atom is -0.392 e. The van der Waals surface area contributed by atoms with Gasteiger partial charge < -0.3 is 93.4 Å². The first-order chi connectivity index (χ1) is 23.4. The van der Waals surface area contributed by atoms with Crippen LogP contribution in [-0.2, 0) is 23.7 Å². The van der Waals surface area contributed by atoms with Gasteiger partial charge in [-0.05, 0) is 45.7 Å². The Morgan fingerprint density at radius 2 is 1.70 bits per heavy atom. The predicted octanol–water partition coefficient (Wildman–Crippen LogP) is -7.25. The first-order valence-electron chi connectivity index (χ1n) is 17.0. The van der Waals surface area contributed by atoms with Crippen LogP contribution in [-0.4, -0.2) is 183 Å². The van der Waals surface area contributed by atoms with Gasteiger partial charge in [-0.3, -0.25) is 4.79 Å². The second kappa shape index (κ2) is 17.0. The summed E-state index contributed by atoms with van der Waals surface area (Å²) in [4.78, 5) is 17.2. The summed E-state index contributed by atoms with van der Waals surface area (Å²) < 4.78 is 23.6. The fourth-order valence-electron chi connectivity index (χ4n) is 7.11. The van der Waals surface area contributed by atoms with Gasteiger partial charge in [0.2, 0.25) is 0 Å². The molecule has 2 saturated carbocycles. The lowest BCUT2D eigenvalue weighted by Gasteiger charge is -2.49. The fourth-order valence-corrected chi connectivity index (χ4v) is 7.11. The van der Waals surface area contributed by atoms with Crippen LogP contribution in [0.5, 0.6) is 0 Å². The molecule has 4 rings (SSSR count). The Morgan fingerprint density at radius 1 is 1.02 bits per heavy atom. The highest BCUT2D eigenvalue weighted by atomic mass is 16.7. The van der Waals surface area contributed by atoms with Crippen LogP contribution in [0.2, 0.25) is 0 Å². The van der Waals surface area contributed by atoms with E-state index in [9.17, 15) is 45.6 Å². The first kappa shape index (κ1) is 41.1. The Bertz CT molecular complexity index is 1150. The van der Waals surface area contributed by atoms with E-state index in [1.165, 1.54) is 14.0 Å². The quantitative estimate of drug-likeness (QED) is 0.0519. The lowest BCUT2D eigenvalue weighted by atomic mass is 9.76. The molecule has 0 aromatic carbocycles. The van der Waals surface area contributed by atoms with E-state index in [1.807, 2.05) is 0 Å². The van der Waals surface area contributed by atoms with Crippen LogP contribution in [0.3, 0.4) is 0 Å². The van der Waals surface area contributed by atoms with Crippen LogP contribution in [0.1, 0.15) is 39.0 Å². The number of hydrogen-bond donors (Lipinski definition) is 14. The molecule has 290 valence electrons. The van der Waals surface area contributed by atoms with Gasteiger partial charge in [-0.1, -0.05) is 0 Å². The van der Waals surface area contributed by atoms with Crippen molar-refractivity contribution in [3.8, 4) is 0 Å². The molecule has 0 spiro atoms. The van der Waals surface area contributed by atoms with Gasteiger partial charge in [0.1, 0.15) is 53.9 Å². The third kappa shape index (κ3) is 9.26. The summed E-state index contributed by atoms with van der Waals surface area (Å²) in [5.74, 6) is -1.79.